The van der Waals surface area contributed by atoms with Crippen LogP contribution in [0.1, 0.15) is 0 Å². The van der Waals surface area contributed by atoms with Crippen molar-refractivity contribution in [1.82, 2.24) is 4.31 Å². The fourth-order valence-electron chi connectivity index (χ4n) is 2.96. The quantitative estimate of drug-likeness (QED) is 0.616. The highest BCUT2D eigenvalue weighted by molar-refractivity contribution is 7.88. The van der Waals surface area contributed by atoms with E-state index in [2.05, 4.69) is 0 Å². The van der Waals surface area contributed by atoms with Crippen LogP contribution in [0.15, 0.2) is 48.5 Å². The van der Waals surface area contributed by atoms with Crippen LogP contribution in [-0.2, 0) is 10.0 Å². The number of non-ortho nitro benzene ring substituents is 1. The van der Waals surface area contributed by atoms with E-state index in [1.165, 1.54) is 10.6 Å². The number of nitro groups is 1. The van der Waals surface area contributed by atoms with E-state index in [4.69, 9.17) is 0 Å². The summed E-state index contributed by atoms with van der Waals surface area (Å²) in [7, 11) is -3.21. The molecular weight excluding hydrogens is 342 g/mol. The highest BCUT2D eigenvalue weighted by Gasteiger charge is 2.24. The number of nitro benzene ring substituents is 1. The van der Waals surface area contributed by atoms with Gasteiger partial charge in [-0.05, 0) is 17.2 Å². The Kier molecular flexibility index (Phi) is 4.73. The van der Waals surface area contributed by atoms with E-state index in [1.807, 2.05) is 41.3 Å². The Labute approximate surface area is 146 Å². The molecule has 1 aliphatic rings. The van der Waals surface area contributed by atoms with Gasteiger partial charge in [0.25, 0.3) is 5.69 Å². The van der Waals surface area contributed by atoms with Crippen LogP contribution >= 0.6 is 0 Å². The van der Waals surface area contributed by atoms with Crippen molar-refractivity contribution in [3.63, 3.8) is 0 Å². The van der Waals surface area contributed by atoms with Crippen LogP contribution in [0.4, 0.5) is 11.4 Å². The van der Waals surface area contributed by atoms with Crippen LogP contribution < -0.4 is 4.90 Å². The molecule has 3 rings (SSSR count). The molecule has 0 radical (unpaired) electrons. The third-order valence-electron chi connectivity index (χ3n) is 4.29. The van der Waals surface area contributed by atoms with Crippen LogP contribution in [0, 0.1) is 10.1 Å². The SMILES string of the molecule is CS(=O)(=O)N1CCN(c2cc(-c3ccccc3)cc([N+](=O)[O-])c2)CC1. The van der Waals surface area contributed by atoms with Gasteiger partial charge >= 0.3 is 0 Å². The zero-order valence-corrected chi connectivity index (χ0v) is 14.6. The van der Waals surface area contributed by atoms with Crippen LogP contribution in [0.3, 0.4) is 0 Å². The van der Waals surface area contributed by atoms with Crippen molar-refractivity contribution in [2.24, 2.45) is 0 Å². The molecule has 0 saturated carbocycles. The maximum Gasteiger partial charge on any atom is 0.272 e. The molecule has 0 atom stereocenters. The van der Waals surface area contributed by atoms with Crippen molar-refractivity contribution in [3.05, 3.63) is 58.6 Å². The van der Waals surface area contributed by atoms with Crippen molar-refractivity contribution in [1.29, 1.82) is 0 Å². The molecule has 132 valence electrons. The Balaban J connectivity index is 1.92. The maximum atomic E-state index is 11.6. The summed E-state index contributed by atoms with van der Waals surface area (Å²) in [6.07, 6.45) is 1.20. The predicted octanol–water partition coefficient (Wildman–Crippen LogP) is 2.34. The van der Waals surface area contributed by atoms with Crippen molar-refractivity contribution in [2.45, 2.75) is 0 Å². The average Bonchev–Trinajstić information content (AvgIpc) is 2.61. The van der Waals surface area contributed by atoms with Gasteiger partial charge in [0, 0.05) is 44.0 Å². The van der Waals surface area contributed by atoms with Crippen LogP contribution in [0.25, 0.3) is 11.1 Å². The number of benzene rings is 2. The second-order valence-electron chi connectivity index (χ2n) is 6.01. The lowest BCUT2D eigenvalue weighted by molar-refractivity contribution is -0.384. The van der Waals surface area contributed by atoms with Gasteiger partial charge in [0.1, 0.15) is 0 Å². The molecule has 25 heavy (non-hydrogen) atoms. The van der Waals surface area contributed by atoms with Gasteiger partial charge in [-0.15, -0.1) is 0 Å². The molecule has 0 amide bonds. The first-order chi connectivity index (χ1) is 11.8. The molecule has 0 bridgehead atoms. The molecule has 0 unspecified atom stereocenters. The summed E-state index contributed by atoms with van der Waals surface area (Å²) in [6, 6.07) is 14.5. The monoisotopic (exact) mass is 361 g/mol. The first kappa shape index (κ1) is 17.4. The molecule has 7 nitrogen and oxygen atoms in total. The zero-order chi connectivity index (χ0) is 18.0. The molecule has 2 aromatic rings. The van der Waals surface area contributed by atoms with Crippen molar-refractivity contribution >= 4 is 21.4 Å². The van der Waals surface area contributed by atoms with E-state index >= 15 is 0 Å². The van der Waals surface area contributed by atoms with Gasteiger partial charge in [-0.2, -0.15) is 4.31 Å². The van der Waals surface area contributed by atoms with Crippen LogP contribution in [-0.4, -0.2) is 50.1 Å². The molecule has 1 heterocycles. The Hall–Kier alpha value is -2.45. The Morgan fingerprint density at radius 3 is 2.16 bits per heavy atom. The third-order valence-corrected chi connectivity index (χ3v) is 5.60. The molecule has 0 N–H and O–H groups in total. The zero-order valence-electron chi connectivity index (χ0n) is 13.8. The van der Waals surface area contributed by atoms with Gasteiger partial charge in [-0.1, -0.05) is 30.3 Å². The number of hydrogen-bond donors (Lipinski definition) is 0. The summed E-state index contributed by atoms with van der Waals surface area (Å²) in [5, 5.41) is 11.3. The molecule has 2 aromatic carbocycles. The summed E-state index contributed by atoms with van der Waals surface area (Å²) in [5.41, 5.74) is 2.45. The summed E-state index contributed by atoms with van der Waals surface area (Å²) in [5.74, 6) is 0. The smallest absolute Gasteiger partial charge is 0.272 e. The van der Waals surface area contributed by atoms with Gasteiger partial charge in [-0.25, -0.2) is 8.42 Å². The Morgan fingerprint density at radius 2 is 1.60 bits per heavy atom. The third kappa shape index (κ3) is 3.97. The minimum atomic E-state index is -3.21. The molecule has 1 saturated heterocycles. The lowest BCUT2D eigenvalue weighted by Crippen LogP contribution is -2.48. The van der Waals surface area contributed by atoms with E-state index in [0.29, 0.717) is 26.2 Å². The highest BCUT2D eigenvalue weighted by atomic mass is 32.2. The van der Waals surface area contributed by atoms with E-state index in [-0.39, 0.29) is 5.69 Å². The summed E-state index contributed by atoms with van der Waals surface area (Å²) in [6.45, 7) is 1.76. The fraction of sp³-hybridized carbons (Fsp3) is 0.294. The van der Waals surface area contributed by atoms with E-state index in [9.17, 15) is 18.5 Å². The number of piperazine rings is 1. The first-order valence-corrected chi connectivity index (χ1v) is 9.74. The molecular formula is C17H19N3O4S. The fourth-order valence-corrected chi connectivity index (χ4v) is 3.78. The molecule has 0 aliphatic carbocycles. The minimum absolute atomic E-state index is 0.0295. The topological polar surface area (TPSA) is 83.8 Å². The number of nitrogens with zero attached hydrogens (tertiary/aromatic N) is 3. The molecule has 0 spiro atoms. The summed E-state index contributed by atoms with van der Waals surface area (Å²) in [4.78, 5) is 12.9. The Morgan fingerprint density at radius 1 is 0.960 bits per heavy atom. The largest absolute Gasteiger partial charge is 0.369 e. The number of anilines is 1. The number of rotatable bonds is 4. The number of hydrogen-bond acceptors (Lipinski definition) is 5. The summed E-state index contributed by atoms with van der Waals surface area (Å²) < 4.78 is 24.7. The first-order valence-electron chi connectivity index (χ1n) is 7.89. The molecule has 8 heteroatoms. The second-order valence-corrected chi connectivity index (χ2v) is 7.99. The average molecular weight is 361 g/mol. The number of sulfonamides is 1. The molecule has 1 fully saturated rings. The van der Waals surface area contributed by atoms with E-state index < -0.39 is 14.9 Å². The van der Waals surface area contributed by atoms with Gasteiger partial charge in [0.05, 0.1) is 11.2 Å². The molecule has 1 aliphatic heterocycles. The maximum absolute atomic E-state index is 11.6. The van der Waals surface area contributed by atoms with Crippen LogP contribution in [0.2, 0.25) is 0 Å². The lowest BCUT2D eigenvalue weighted by Gasteiger charge is -2.34. The second kappa shape index (κ2) is 6.81. The van der Waals surface area contributed by atoms with Crippen molar-refractivity contribution in [3.8, 4) is 11.1 Å². The highest BCUT2D eigenvalue weighted by Crippen LogP contribution is 2.31. The predicted molar refractivity (Wildman–Crippen MR) is 97.2 cm³/mol. The van der Waals surface area contributed by atoms with Crippen molar-refractivity contribution in [2.75, 3.05) is 37.3 Å². The van der Waals surface area contributed by atoms with Gasteiger partial charge < -0.3 is 4.90 Å². The molecule has 0 aromatic heterocycles. The standard InChI is InChI=1S/C17H19N3O4S/c1-25(23,24)19-9-7-18(8-10-19)16-11-15(12-17(13-16)20(21)22)14-5-3-2-4-6-14/h2-6,11-13H,7-10H2,1H3. The van der Waals surface area contributed by atoms with Gasteiger partial charge in [0.2, 0.25) is 10.0 Å². The normalized spacial score (nSPS) is 16.0. The Bertz CT molecular complexity index is 876. The van der Waals surface area contributed by atoms with E-state index in [1.54, 1.807) is 12.1 Å². The van der Waals surface area contributed by atoms with Crippen LogP contribution in [0.5, 0.6) is 0 Å². The minimum Gasteiger partial charge on any atom is -0.369 e. The van der Waals surface area contributed by atoms with Gasteiger partial charge in [-0.3, -0.25) is 10.1 Å². The lowest BCUT2D eigenvalue weighted by atomic mass is 10.0. The van der Waals surface area contributed by atoms with Crippen molar-refractivity contribution < 1.29 is 13.3 Å². The van der Waals surface area contributed by atoms with E-state index in [0.717, 1.165) is 16.8 Å². The summed E-state index contributed by atoms with van der Waals surface area (Å²) >= 11 is 0. The van der Waals surface area contributed by atoms with Gasteiger partial charge in [0.15, 0.2) is 0 Å².